The zero-order chi connectivity index (χ0) is 12.1. The molecule has 0 unspecified atom stereocenters. The second-order valence-corrected chi connectivity index (χ2v) is 5.30. The van der Waals surface area contributed by atoms with E-state index < -0.39 is 0 Å². The molecular formula is C14H26O. The smallest absolute Gasteiger partial charge is 0.0571 e. The Balaban J connectivity index is 4.60. The number of hydrogen-bond donors (Lipinski definition) is 1. The van der Waals surface area contributed by atoms with E-state index in [0.29, 0.717) is 0 Å². The maximum atomic E-state index is 9.84. The zero-order valence-electron chi connectivity index (χ0n) is 11.1. The first kappa shape index (κ1) is 14.4. The van der Waals surface area contributed by atoms with Crippen molar-refractivity contribution in [3.8, 4) is 0 Å². The molecule has 0 saturated carbocycles. The van der Waals surface area contributed by atoms with E-state index in [1.807, 2.05) is 6.92 Å². The van der Waals surface area contributed by atoms with E-state index in [1.165, 1.54) is 11.1 Å². The predicted octanol–water partition coefficient (Wildman–Crippen LogP) is 4.09. The number of aliphatic hydroxyl groups excluding tert-OH is 1. The fourth-order valence-electron chi connectivity index (χ4n) is 1.30. The minimum absolute atomic E-state index is 0.0332. The Labute approximate surface area is 94.9 Å². The van der Waals surface area contributed by atoms with Crippen molar-refractivity contribution < 1.29 is 5.11 Å². The summed E-state index contributed by atoms with van der Waals surface area (Å²) >= 11 is 0. The molecule has 0 rings (SSSR count). The van der Waals surface area contributed by atoms with Gasteiger partial charge in [0.15, 0.2) is 0 Å². The van der Waals surface area contributed by atoms with Gasteiger partial charge >= 0.3 is 0 Å². The third-order valence-corrected chi connectivity index (χ3v) is 2.96. The average Bonchev–Trinajstić information content (AvgIpc) is 2.11. The van der Waals surface area contributed by atoms with Gasteiger partial charge in [-0.05, 0) is 47.5 Å². The van der Waals surface area contributed by atoms with Crippen molar-refractivity contribution >= 4 is 0 Å². The van der Waals surface area contributed by atoms with Crippen LogP contribution in [0.3, 0.4) is 0 Å². The van der Waals surface area contributed by atoms with Crippen molar-refractivity contribution in [2.75, 3.05) is 0 Å². The molecule has 0 heterocycles. The van der Waals surface area contributed by atoms with Crippen molar-refractivity contribution in [2.45, 2.75) is 60.5 Å². The predicted molar refractivity (Wildman–Crippen MR) is 67.9 cm³/mol. The summed E-state index contributed by atoms with van der Waals surface area (Å²) < 4.78 is 0. The molecule has 0 fully saturated rings. The SMILES string of the molecule is CC(C)=CCC(C)(CC=C(C)C)[C@@H](C)O. The van der Waals surface area contributed by atoms with Crippen LogP contribution in [-0.2, 0) is 0 Å². The molecule has 1 N–H and O–H groups in total. The van der Waals surface area contributed by atoms with Crippen LogP contribution in [0.15, 0.2) is 23.3 Å². The van der Waals surface area contributed by atoms with E-state index >= 15 is 0 Å². The lowest BCUT2D eigenvalue weighted by Crippen LogP contribution is -2.29. The zero-order valence-corrected chi connectivity index (χ0v) is 11.1. The second kappa shape index (κ2) is 6.12. The molecule has 0 aliphatic rings. The van der Waals surface area contributed by atoms with Gasteiger partial charge in [0.05, 0.1) is 6.10 Å². The largest absolute Gasteiger partial charge is 0.393 e. The Bertz CT molecular complexity index is 218. The molecule has 0 saturated heterocycles. The highest BCUT2D eigenvalue weighted by Crippen LogP contribution is 2.32. The Morgan fingerprint density at radius 1 is 1.07 bits per heavy atom. The van der Waals surface area contributed by atoms with Gasteiger partial charge in [-0.25, -0.2) is 0 Å². The molecule has 15 heavy (non-hydrogen) atoms. The average molecular weight is 210 g/mol. The van der Waals surface area contributed by atoms with Gasteiger partial charge in [-0.15, -0.1) is 0 Å². The fraction of sp³-hybridized carbons (Fsp3) is 0.714. The molecular weight excluding hydrogens is 184 g/mol. The molecule has 0 aromatic heterocycles. The van der Waals surface area contributed by atoms with Crippen LogP contribution < -0.4 is 0 Å². The van der Waals surface area contributed by atoms with Crippen LogP contribution in [0, 0.1) is 5.41 Å². The summed E-state index contributed by atoms with van der Waals surface area (Å²) in [7, 11) is 0. The lowest BCUT2D eigenvalue weighted by atomic mass is 9.78. The highest BCUT2D eigenvalue weighted by atomic mass is 16.3. The standard InChI is InChI=1S/C14H26O/c1-11(2)7-9-14(6,13(5)15)10-8-12(3)4/h7-8,13,15H,9-10H2,1-6H3/t13-/m1/s1. The number of aliphatic hydroxyl groups is 1. The lowest BCUT2D eigenvalue weighted by Gasteiger charge is -2.31. The summed E-state index contributed by atoms with van der Waals surface area (Å²) in [6.07, 6.45) is 6.04. The topological polar surface area (TPSA) is 20.2 Å². The molecule has 0 aliphatic carbocycles. The van der Waals surface area contributed by atoms with Gasteiger partial charge in [-0.2, -0.15) is 0 Å². The van der Waals surface area contributed by atoms with Crippen molar-refractivity contribution in [1.29, 1.82) is 0 Å². The fourth-order valence-corrected chi connectivity index (χ4v) is 1.30. The van der Waals surface area contributed by atoms with Gasteiger partial charge in [0.2, 0.25) is 0 Å². The molecule has 0 amide bonds. The monoisotopic (exact) mass is 210 g/mol. The summed E-state index contributed by atoms with van der Waals surface area (Å²) in [4.78, 5) is 0. The minimum Gasteiger partial charge on any atom is -0.393 e. The van der Waals surface area contributed by atoms with Crippen LogP contribution in [-0.4, -0.2) is 11.2 Å². The molecule has 0 aromatic rings. The van der Waals surface area contributed by atoms with Crippen LogP contribution in [0.25, 0.3) is 0 Å². The van der Waals surface area contributed by atoms with Gasteiger partial charge < -0.3 is 5.11 Å². The molecule has 0 aromatic carbocycles. The molecule has 0 aliphatic heterocycles. The summed E-state index contributed by atoms with van der Waals surface area (Å²) in [6, 6.07) is 0. The first-order valence-corrected chi connectivity index (χ1v) is 5.73. The summed E-state index contributed by atoms with van der Waals surface area (Å²) in [5, 5.41) is 9.84. The van der Waals surface area contributed by atoms with Gasteiger partial charge in [0, 0.05) is 5.41 Å². The quantitative estimate of drug-likeness (QED) is 0.678. The van der Waals surface area contributed by atoms with E-state index in [1.54, 1.807) is 0 Å². The van der Waals surface area contributed by atoms with E-state index in [9.17, 15) is 5.11 Å². The molecule has 1 nitrogen and oxygen atoms in total. The Kier molecular flexibility index (Phi) is 5.89. The summed E-state index contributed by atoms with van der Waals surface area (Å²) in [5.41, 5.74) is 2.60. The van der Waals surface area contributed by atoms with Crippen molar-refractivity contribution in [2.24, 2.45) is 5.41 Å². The van der Waals surface area contributed by atoms with Crippen LogP contribution in [0.1, 0.15) is 54.4 Å². The first-order chi connectivity index (χ1) is 6.78. The molecule has 0 radical (unpaired) electrons. The second-order valence-electron chi connectivity index (χ2n) is 5.30. The number of allylic oxidation sites excluding steroid dienone is 4. The maximum absolute atomic E-state index is 9.84. The van der Waals surface area contributed by atoms with E-state index in [-0.39, 0.29) is 11.5 Å². The highest BCUT2D eigenvalue weighted by Gasteiger charge is 2.27. The normalized spacial score (nSPS) is 13.3. The molecule has 1 heteroatoms. The molecule has 0 spiro atoms. The van der Waals surface area contributed by atoms with Crippen LogP contribution in [0.2, 0.25) is 0 Å². The van der Waals surface area contributed by atoms with Gasteiger partial charge in [-0.3, -0.25) is 0 Å². The Morgan fingerprint density at radius 2 is 1.40 bits per heavy atom. The van der Waals surface area contributed by atoms with Crippen molar-refractivity contribution in [1.82, 2.24) is 0 Å². The number of rotatable bonds is 5. The summed E-state index contributed by atoms with van der Waals surface area (Å²) in [5.74, 6) is 0. The molecule has 1 atom stereocenters. The van der Waals surface area contributed by atoms with Crippen LogP contribution in [0.4, 0.5) is 0 Å². The van der Waals surface area contributed by atoms with Crippen molar-refractivity contribution in [3.63, 3.8) is 0 Å². The third kappa shape index (κ3) is 5.78. The molecule has 88 valence electrons. The Hall–Kier alpha value is -0.560. The maximum Gasteiger partial charge on any atom is 0.0571 e. The van der Waals surface area contributed by atoms with Gasteiger partial charge in [0.25, 0.3) is 0 Å². The summed E-state index contributed by atoms with van der Waals surface area (Å²) in [6.45, 7) is 12.4. The van der Waals surface area contributed by atoms with E-state index in [2.05, 4.69) is 46.8 Å². The van der Waals surface area contributed by atoms with E-state index in [4.69, 9.17) is 0 Å². The van der Waals surface area contributed by atoms with Gasteiger partial charge in [-0.1, -0.05) is 30.2 Å². The first-order valence-electron chi connectivity index (χ1n) is 5.73. The van der Waals surface area contributed by atoms with E-state index in [0.717, 1.165) is 12.8 Å². The van der Waals surface area contributed by atoms with Crippen LogP contribution in [0.5, 0.6) is 0 Å². The van der Waals surface area contributed by atoms with Crippen LogP contribution >= 0.6 is 0 Å². The third-order valence-electron chi connectivity index (χ3n) is 2.96. The van der Waals surface area contributed by atoms with Crippen molar-refractivity contribution in [3.05, 3.63) is 23.3 Å². The minimum atomic E-state index is -0.274. The van der Waals surface area contributed by atoms with Gasteiger partial charge in [0.1, 0.15) is 0 Å². The molecule has 0 bridgehead atoms. The number of hydrogen-bond acceptors (Lipinski definition) is 1. The highest BCUT2D eigenvalue weighted by molar-refractivity contribution is 5.03. The lowest BCUT2D eigenvalue weighted by molar-refractivity contribution is 0.0563. The Morgan fingerprint density at radius 3 is 1.60 bits per heavy atom.